The van der Waals surface area contributed by atoms with Gasteiger partial charge in [0, 0.05) is 23.8 Å². The van der Waals surface area contributed by atoms with Crippen LogP contribution in [0.2, 0.25) is 0 Å². The first kappa shape index (κ1) is 16.2. The van der Waals surface area contributed by atoms with Crippen LogP contribution in [0, 0.1) is 0 Å². The molecule has 1 heterocycles. The van der Waals surface area contributed by atoms with Crippen molar-refractivity contribution in [3.05, 3.63) is 29.3 Å². The molecule has 0 bridgehead atoms. The summed E-state index contributed by atoms with van der Waals surface area (Å²) >= 11 is 0. The van der Waals surface area contributed by atoms with Crippen LogP contribution in [0.1, 0.15) is 60.9 Å². The molecule has 116 valence electrons. The third-order valence-corrected chi connectivity index (χ3v) is 4.52. The highest BCUT2D eigenvalue weighted by atomic mass is 35.5. The van der Waals surface area contributed by atoms with E-state index in [1.165, 1.54) is 43.4 Å². The molecule has 0 aromatic heterocycles. The van der Waals surface area contributed by atoms with Crippen LogP contribution in [0.15, 0.2) is 18.2 Å². The van der Waals surface area contributed by atoms with Gasteiger partial charge in [-0.3, -0.25) is 4.79 Å². The number of anilines is 1. The zero-order valence-corrected chi connectivity index (χ0v) is 13.3. The van der Waals surface area contributed by atoms with E-state index < -0.39 is 0 Å². The second-order valence-corrected chi connectivity index (χ2v) is 6.06. The molecule has 1 aliphatic carbocycles. The third-order valence-electron chi connectivity index (χ3n) is 4.52. The Morgan fingerprint density at radius 1 is 1.10 bits per heavy atom. The fourth-order valence-corrected chi connectivity index (χ4v) is 3.32. The molecule has 21 heavy (non-hydrogen) atoms. The maximum absolute atomic E-state index is 12.4. The molecule has 1 aliphatic heterocycles. The van der Waals surface area contributed by atoms with Gasteiger partial charge in [-0.2, -0.15) is 0 Å². The lowest BCUT2D eigenvalue weighted by atomic mass is 9.96. The van der Waals surface area contributed by atoms with Crippen molar-refractivity contribution in [1.82, 2.24) is 5.32 Å². The summed E-state index contributed by atoms with van der Waals surface area (Å²) in [6, 6.07) is 6.40. The molecule has 1 amide bonds. The summed E-state index contributed by atoms with van der Waals surface area (Å²) in [6.45, 7) is 0.989. The van der Waals surface area contributed by atoms with Crippen LogP contribution < -0.4 is 10.6 Å². The van der Waals surface area contributed by atoms with E-state index in [4.69, 9.17) is 0 Å². The van der Waals surface area contributed by atoms with Gasteiger partial charge in [0.1, 0.15) is 0 Å². The quantitative estimate of drug-likeness (QED) is 0.869. The van der Waals surface area contributed by atoms with Crippen LogP contribution in [-0.2, 0) is 6.42 Å². The van der Waals surface area contributed by atoms with E-state index >= 15 is 0 Å². The van der Waals surface area contributed by atoms with E-state index in [-0.39, 0.29) is 18.3 Å². The average molecular weight is 309 g/mol. The van der Waals surface area contributed by atoms with E-state index in [0.29, 0.717) is 6.04 Å². The van der Waals surface area contributed by atoms with Gasteiger partial charge in [-0.25, -0.2) is 0 Å². The molecule has 3 nitrogen and oxygen atoms in total. The molecule has 1 fully saturated rings. The van der Waals surface area contributed by atoms with Gasteiger partial charge in [0.05, 0.1) is 0 Å². The van der Waals surface area contributed by atoms with Crippen molar-refractivity contribution in [2.75, 3.05) is 11.9 Å². The topological polar surface area (TPSA) is 41.1 Å². The number of benzene rings is 1. The first-order chi connectivity index (χ1) is 9.83. The molecule has 1 aromatic carbocycles. The summed E-state index contributed by atoms with van der Waals surface area (Å²) in [7, 11) is 0. The number of carbonyl (C=O) groups is 1. The Morgan fingerprint density at radius 2 is 1.81 bits per heavy atom. The molecule has 0 unspecified atom stereocenters. The molecule has 2 aliphatic rings. The van der Waals surface area contributed by atoms with Crippen LogP contribution in [0.3, 0.4) is 0 Å². The van der Waals surface area contributed by atoms with Crippen LogP contribution in [-0.4, -0.2) is 18.5 Å². The molecule has 0 atom stereocenters. The molecule has 0 spiro atoms. The Labute approximate surface area is 133 Å². The number of halogens is 1. The number of amides is 1. The number of fused-ring (bicyclic) bond motifs is 1. The molecule has 3 rings (SSSR count). The fraction of sp³-hybridized carbons (Fsp3) is 0.588. The highest BCUT2D eigenvalue weighted by Gasteiger charge is 2.17. The van der Waals surface area contributed by atoms with Crippen molar-refractivity contribution in [2.24, 2.45) is 0 Å². The van der Waals surface area contributed by atoms with Gasteiger partial charge >= 0.3 is 0 Å². The summed E-state index contributed by atoms with van der Waals surface area (Å²) in [5.41, 5.74) is 3.28. The second kappa shape index (κ2) is 7.69. The SMILES string of the molecule is Cl.O=C(NC1CCCCCCC1)c1ccc2c(c1)CCN2. The minimum Gasteiger partial charge on any atom is -0.384 e. The van der Waals surface area contributed by atoms with Crippen LogP contribution in [0.5, 0.6) is 0 Å². The van der Waals surface area contributed by atoms with Gasteiger partial charge in [0.2, 0.25) is 0 Å². The standard InChI is InChI=1S/C17H24N2O.ClH/c20-17(19-15-6-4-2-1-3-5-7-15)14-8-9-16-13(12-14)10-11-18-16;/h8-9,12,15,18H,1-7,10-11H2,(H,19,20);1H. The van der Waals surface area contributed by atoms with E-state index in [9.17, 15) is 4.79 Å². The van der Waals surface area contributed by atoms with Crippen molar-refractivity contribution in [2.45, 2.75) is 57.4 Å². The zero-order chi connectivity index (χ0) is 13.8. The van der Waals surface area contributed by atoms with E-state index in [2.05, 4.69) is 10.6 Å². The summed E-state index contributed by atoms with van der Waals surface area (Å²) in [6.07, 6.45) is 9.79. The smallest absolute Gasteiger partial charge is 0.251 e. The molecule has 0 saturated heterocycles. The number of rotatable bonds is 2. The Morgan fingerprint density at radius 3 is 2.57 bits per heavy atom. The second-order valence-electron chi connectivity index (χ2n) is 6.06. The van der Waals surface area contributed by atoms with Gasteiger partial charge in [0.25, 0.3) is 5.91 Å². The average Bonchev–Trinajstić information content (AvgIpc) is 2.88. The van der Waals surface area contributed by atoms with Gasteiger partial charge in [-0.15, -0.1) is 12.4 Å². The van der Waals surface area contributed by atoms with E-state index in [1.54, 1.807) is 0 Å². The Hall–Kier alpha value is -1.22. The predicted octanol–water partition coefficient (Wildman–Crippen LogP) is 3.92. The minimum absolute atomic E-state index is 0. The molecule has 1 aromatic rings. The predicted molar refractivity (Wildman–Crippen MR) is 89.5 cm³/mol. The van der Waals surface area contributed by atoms with Crippen LogP contribution in [0.25, 0.3) is 0 Å². The molecule has 4 heteroatoms. The van der Waals surface area contributed by atoms with Gasteiger partial charge < -0.3 is 10.6 Å². The lowest BCUT2D eigenvalue weighted by Gasteiger charge is -2.21. The van der Waals surface area contributed by atoms with Gasteiger partial charge in [-0.05, 0) is 43.0 Å². The van der Waals surface area contributed by atoms with Crippen molar-refractivity contribution in [3.8, 4) is 0 Å². The van der Waals surface area contributed by atoms with Crippen molar-refractivity contribution in [1.29, 1.82) is 0 Å². The van der Waals surface area contributed by atoms with Gasteiger partial charge in [0.15, 0.2) is 0 Å². The van der Waals surface area contributed by atoms with Crippen LogP contribution >= 0.6 is 12.4 Å². The van der Waals surface area contributed by atoms with Crippen molar-refractivity contribution >= 4 is 24.0 Å². The molecular formula is C17H25ClN2O. The zero-order valence-electron chi connectivity index (χ0n) is 12.5. The summed E-state index contributed by atoms with van der Waals surface area (Å²) in [4.78, 5) is 12.4. The van der Waals surface area contributed by atoms with Crippen molar-refractivity contribution in [3.63, 3.8) is 0 Å². The molecule has 0 radical (unpaired) electrons. The van der Waals surface area contributed by atoms with E-state index in [1.807, 2.05) is 18.2 Å². The van der Waals surface area contributed by atoms with E-state index in [0.717, 1.165) is 31.4 Å². The number of carbonyl (C=O) groups excluding carboxylic acids is 1. The Kier molecular flexibility index (Phi) is 5.92. The van der Waals surface area contributed by atoms with Crippen molar-refractivity contribution < 1.29 is 4.79 Å². The summed E-state index contributed by atoms with van der Waals surface area (Å²) in [5.74, 6) is 0.102. The number of nitrogens with one attached hydrogen (secondary N) is 2. The monoisotopic (exact) mass is 308 g/mol. The fourth-order valence-electron chi connectivity index (χ4n) is 3.32. The lowest BCUT2D eigenvalue weighted by Crippen LogP contribution is -2.35. The molecule has 2 N–H and O–H groups in total. The highest BCUT2D eigenvalue weighted by molar-refractivity contribution is 5.95. The maximum Gasteiger partial charge on any atom is 0.251 e. The van der Waals surface area contributed by atoms with Crippen LogP contribution in [0.4, 0.5) is 5.69 Å². The largest absolute Gasteiger partial charge is 0.384 e. The number of hydrogen-bond donors (Lipinski definition) is 2. The van der Waals surface area contributed by atoms with Gasteiger partial charge in [-0.1, -0.05) is 32.1 Å². The summed E-state index contributed by atoms with van der Waals surface area (Å²) in [5, 5.41) is 6.57. The molecule has 1 saturated carbocycles. The first-order valence-corrected chi connectivity index (χ1v) is 8.00. The Bertz CT molecular complexity index is 482. The maximum atomic E-state index is 12.4. The lowest BCUT2D eigenvalue weighted by molar-refractivity contribution is 0.0930. The first-order valence-electron chi connectivity index (χ1n) is 8.00. The minimum atomic E-state index is 0. The molecular weight excluding hydrogens is 284 g/mol. The Balaban J connectivity index is 0.00000161. The number of hydrogen-bond acceptors (Lipinski definition) is 2. The summed E-state index contributed by atoms with van der Waals surface area (Å²) < 4.78 is 0. The highest BCUT2D eigenvalue weighted by Crippen LogP contribution is 2.23. The normalized spacial score (nSPS) is 18.7. The third kappa shape index (κ3) is 4.13.